The van der Waals surface area contributed by atoms with E-state index < -0.39 is 10.0 Å². The highest BCUT2D eigenvalue weighted by Gasteiger charge is 2.33. The van der Waals surface area contributed by atoms with E-state index in [4.69, 9.17) is 5.73 Å². The highest BCUT2D eigenvalue weighted by molar-refractivity contribution is 7.89. The van der Waals surface area contributed by atoms with E-state index in [-0.39, 0.29) is 22.8 Å². The van der Waals surface area contributed by atoms with E-state index in [9.17, 15) is 13.2 Å². The average Bonchev–Trinajstić information content (AvgIpc) is 2.98. The predicted octanol–water partition coefficient (Wildman–Crippen LogP) is 1.34. The third-order valence-corrected chi connectivity index (χ3v) is 7.00. The van der Waals surface area contributed by atoms with Crippen molar-refractivity contribution < 1.29 is 13.2 Å². The van der Waals surface area contributed by atoms with Crippen molar-refractivity contribution in [1.29, 1.82) is 0 Å². The van der Waals surface area contributed by atoms with Gasteiger partial charge in [-0.1, -0.05) is 6.07 Å². The minimum atomic E-state index is -3.56. The summed E-state index contributed by atoms with van der Waals surface area (Å²) < 4.78 is 27.6. The van der Waals surface area contributed by atoms with E-state index in [0.717, 1.165) is 30.5 Å². The number of piperidine rings is 1. The average molecular weight is 351 g/mol. The molecule has 2 aliphatic rings. The van der Waals surface area contributed by atoms with Crippen LogP contribution < -0.4 is 10.6 Å². The lowest BCUT2D eigenvalue weighted by Crippen LogP contribution is -2.44. The van der Waals surface area contributed by atoms with E-state index in [1.54, 1.807) is 21.3 Å². The van der Waals surface area contributed by atoms with Crippen LogP contribution in [0.4, 0.5) is 5.69 Å². The number of nitrogens with two attached hydrogens (primary N) is 1. The lowest BCUT2D eigenvalue weighted by atomic mass is 9.93. The number of hydrogen-bond donors (Lipinski definition) is 1. The largest absolute Gasteiger partial charge is 0.328 e. The zero-order chi connectivity index (χ0) is 17.5. The van der Waals surface area contributed by atoms with Gasteiger partial charge in [-0.05, 0) is 49.8 Å². The third kappa shape index (κ3) is 3.08. The summed E-state index contributed by atoms with van der Waals surface area (Å²) in [7, 11) is -3.56. The highest BCUT2D eigenvalue weighted by atomic mass is 32.2. The Labute approximate surface area is 143 Å². The van der Waals surface area contributed by atoms with Crippen LogP contribution in [0.3, 0.4) is 0 Å². The first kappa shape index (κ1) is 17.4. The van der Waals surface area contributed by atoms with Gasteiger partial charge in [-0.3, -0.25) is 4.79 Å². The standard InChI is InChI=1S/C17H25N3O3S/c1-12(18)15-4-3-8-19(11-15)24(22,23)16-6-5-14-7-9-20(13(2)21)17(14)10-16/h5-6,10,12,15H,3-4,7-9,11,18H2,1-2H3/t12-,15-/m0/s1. The Balaban J connectivity index is 1.91. The number of sulfonamides is 1. The summed E-state index contributed by atoms with van der Waals surface area (Å²) in [4.78, 5) is 13.7. The Hall–Kier alpha value is -1.44. The third-order valence-electron chi connectivity index (χ3n) is 5.13. The fourth-order valence-electron chi connectivity index (χ4n) is 3.62. The number of amides is 1. The Morgan fingerprint density at radius 3 is 2.75 bits per heavy atom. The molecule has 132 valence electrons. The molecular formula is C17H25N3O3S. The van der Waals surface area contributed by atoms with Crippen LogP contribution in [-0.4, -0.2) is 44.3 Å². The Morgan fingerprint density at radius 2 is 2.08 bits per heavy atom. The maximum Gasteiger partial charge on any atom is 0.243 e. The van der Waals surface area contributed by atoms with Crippen molar-refractivity contribution in [2.24, 2.45) is 11.7 Å². The number of carbonyl (C=O) groups is 1. The maximum atomic E-state index is 13.0. The lowest BCUT2D eigenvalue weighted by Gasteiger charge is -2.33. The Morgan fingerprint density at radius 1 is 1.33 bits per heavy atom. The van der Waals surface area contributed by atoms with Gasteiger partial charge in [-0.2, -0.15) is 4.31 Å². The molecule has 2 aliphatic heterocycles. The molecule has 6 nitrogen and oxygen atoms in total. The van der Waals surface area contributed by atoms with E-state index >= 15 is 0 Å². The van der Waals surface area contributed by atoms with Gasteiger partial charge in [0, 0.05) is 38.3 Å². The van der Waals surface area contributed by atoms with Crippen molar-refractivity contribution in [3.05, 3.63) is 23.8 Å². The van der Waals surface area contributed by atoms with Crippen molar-refractivity contribution in [2.75, 3.05) is 24.5 Å². The first-order chi connectivity index (χ1) is 11.3. The van der Waals surface area contributed by atoms with Crippen LogP contribution in [0.25, 0.3) is 0 Å². The summed E-state index contributed by atoms with van der Waals surface area (Å²) in [6, 6.07) is 5.12. The molecule has 1 amide bonds. The maximum absolute atomic E-state index is 13.0. The lowest BCUT2D eigenvalue weighted by molar-refractivity contribution is -0.116. The number of benzene rings is 1. The van der Waals surface area contributed by atoms with Gasteiger partial charge in [0.05, 0.1) is 4.90 Å². The van der Waals surface area contributed by atoms with Gasteiger partial charge >= 0.3 is 0 Å². The molecule has 1 saturated heterocycles. The molecule has 24 heavy (non-hydrogen) atoms. The van der Waals surface area contributed by atoms with Gasteiger partial charge in [-0.15, -0.1) is 0 Å². The topological polar surface area (TPSA) is 83.7 Å². The molecule has 0 saturated carbocycles. The summed E-state index contributed by atoms with van der Waals surface area (Å²) in [5.41, 5.74) is 7.72. The first-order valence-electron chi connectivity index (χ1n) is 8.47. The zero-order valence-corrected chi connectivity index (χ0v) is 15.1. The van der Waals surface area contributed by atoms with Crippen molar-refractivity contribution in [1.82, 2.24) is 4.31 Å². The zero-order valence-electron chi connectivity index (χ0n) is 14.2. The molecule has 0 aliphatic carbocycles. The summed E-state index contributed by atoms with van der Waals surface area (Å²) in [5.74, 6) is 0.134. The van der Waals surface area contributed by atoms with E-state index in [1.807, 2.05) is 13.0 Å². The number of rotatable bonds is 3. The van der Waals surface area contributed by atoms with Gasteiger partial charge in [-0.25, -0.2) is 8.42 Å². The Kier molecular flexibility index (Phi) is 4.68. The SMILES string of the molecule is CC(=O)N1CCc2ccc(S(=O)(=O)N3CCC[C@H]([C@H](C)N)C3)cc21. The van der Waals surface area contributed by atoms with Crippen molar-refractivity contribution in [3.63, 3.8) is 0 Å². The van der Waals surface area contributed by atoms with Crippen LogP contribution in [0.1, 0.15) is 32.3 Å². The molecule has 1 aromatic rings. The summed E-state index contributed by atoms with van der Waals surface area (Å²) in [5, 5.41) is 0. The molecule has 3 rings (SSSR count). The van der Waals surface area contributed by atoms with Crippen LogP contribution in [0.2, 0.25) is 0 Å². The minimum Gasteiger partial charge on any atom is -0.328 e. The highest BCUT2D eigenvalue weighted by Crippen LogP contribution is 2.32. The molecule has 1 aromatic carbocycles. The van der Waals surface area contributed by atoms with Crippen LogP contribution in [0.15, 0.2) is 23.1 Å². The second-order valence-electron chi connectivity index (χ2n) is 6.84. The van der Waals surface area contributed by atoms with E-state index in [1.165, 1.54) is 6.92 Å². The first-order valence-corrected chi connectivity index (χ1v) is 9.91. The molecule has 0 unspecified atom stereocenters. The van der Waals surface area contributed by atoms with Gasteiger partial charge in [0.2, 0.25) is 15.9 Å². The number of anilines is 1. The van der Waals surface area contributed by atoms with Gasteiger partial charge in [0.15, 0.2) is 0 Å². The molecule has 2 N–H and O–H groups in total. The molecule has 1 fully saturated rings. The molecular weight excluding hydrogens is 326 g/mol. The van der Waals surface area contributed by atoms with Crippen molar-refractivity contribution in [2.45, 2.75) is 44.0 Å². The molecule has 0 radical (unpaired) electrons. The van der Waals surface area contributed by atoms with Crippen LogP contribution in [0, 0.1) is 5.92 Å². The number of carbonyl (C=O) groups excluding carboxylic acids is 1. The molecule has 7 heteroatoms. The smallest absolute Gasteiger partial charge is 0.243 e. The number of fused-ring (bicyclic) bond motifs is 1. The van der Waals surface area contributed by atoms with Crippen LogP contribution >= 0.6 is 0 Å². The summed E-state index contributed by atoms with van der Waals surface area (Å²) >= 11 is 0. The molecule has 0 spiro atoms. The summed E-state index contributed by atoms with van der Waals surface area (Å²) in [6.45, 7) is 5.05. The van der Waals surface area contributed by atoms with Gasteiger partial charge in [0.1, 0.15) is 0 Å². The predicted molar refractivity (Wildman–Crippen MR) is 93.3 cm³/mol. The number of nitrogens with zero attached hydrogens (tertiary/aromatic N) is 2. The van der Waals surface area contributed by atoms with Crippen molar-refractivity contribution >= 4 is 21.6 Å². The molecule has 0 bridgehead atoms. The second kappa shape index (κ2) is 6.46. The molecule has 0 aromatic heterocycles. The Bertz CT molecular complexity index is 745. The minimum absolute atomic E-state index is 0.0174. The molecule has 2 heterocycles. The monoisotopic (exact) mass is 351 g/mol. The van der Waals surface area contributed by atoms with E-state index in [0.29, 0.717) is 19.6 Å². The second-order valence-corrected chi connectivity index (χ2v) is 8.77. The quantitative estimate of drug-likeness (QED) is 0.891. The van der Waals surface area contributed by atoms with Crippen LogP contribution in [0.5, 0.6) is 0 Å². The molecule has 2 atom stereocenters. The fourth-order valence-corrected chi connectivity index (χ4v) is 5.17. The normalized spacial score (nSPS) is 23.1. The number of hydrogen-bond acceptors (Lipinski definition) is 4. The fraction of sp³-hybridized carbons (Fsp3) is 0.588. The van der Waals surface area contributed by atoms with Crippen molar-refractivity contribution in [3.8, 4) is 0 Å². The summed E-state index contributed by atoms with van der Waals surface area (Å²) in [6.07, 6.45) is 2.56. The van der Waals surface area contributed by atoms with E-state index in [2.05, 4.69) is 0 Å². The van der Waals surface area contributed by atoms with Gasteiger partial charge in [0.25, 0.3) is 0 Å². The van der Waals surface area contributed by atoms with Crippen LogP contribution in [-0.2, 0) is 21.2 Å². The van der Waals surface area contributed by atoms with Gasteiger partial charge < -0.3 is 10.6 Å².